The van der Waals surface area contributed by atoms with Crippen LogP contribution in [0.5, 0.6) is 5.75 Å². The Balaban J connectivity index is 2.51. The van der Waals surface area contributed by atoms with Crippen molar-refractivity contribution in [3.63, 3.8) is 0 Å². The first-order chi connectivity index (χ1) is 8.93. The average Bonchev–Trinajstić information content (AvgIpc) is 2.39. The smallest absolute Gasteiger partial charge is 0.260 e. The van der Waals surface area contributed by atoms with E-state index < -0.39 is 17.7 Å². The van der Waals surface area contributed by atoms with E-state index in [4.69, 9.17) is 10.5 Å². The van der Waals surface area contributed by atoms with Gasteiger partial charge in [-0.25, -0.2) is 8.78 Å². The highest BCUT2D eigenvalue weighted by Crippen LogP contribution is 2.16. The summed E-state index contributed by atoms with van der Waals surface area (Å²) in [5, 5.41) is 2.67. The molecule has 106 valence electrons. The highest BCUT2D eigenvalue weighted by Gasteiger charge is 2.15. The Morgan fingerprint density at radius 2 is 2.05 bits per heavy atom. The van der Waals surface area contributed by atoms with Crippen molar-refractivity contribution >= 4 is 5.91 Å². The summed E-state index contributed by atoms with van der Waals surface area (Å²) < 4.78 is 30.9. The van der Waals surface area contributed by atoms with Gasteiger partial charge >= 0.3 is 0 Å². The fourth-order valence-electron chi connectivity index (χ4n) is 1.31. The minimum Gasteiger partial charge on any atom is -0.481 e. The molecule has 19 heavy (non-hydrogen) atoms. The standard InChI is InChI=1S/C13H18F2N2O2/c1-8(6-16)7-17-13(18)9(2)19-10-3-4-11(14)12(15)5-10/h3-5,8-9H,6-7,16H2,1-2H3,(H,17,18). The van der Waals surface area contributed by atoms with Gasteiger partial charge < -0.3 is 15.8 Å². The zero-order chi connectivity index (χ0) is 14.4. The predicted octanol–water partition coefficient (Wildman–Crippen LogP) is 1.44. The van der Waals surface area contributed by atoms with Crippen LogP contribution < -0.4 is 15.8 Å². The van der Waals surface area contributed by atoms with E-state index in [9.17, 15) is 13.6 Å². The van der Waals surface area contributed by atoms with Gasteiger partial charge in [0.25, 0.3) is 5.91 Å². The van der Waals surface area contributed by atoms with Gasteiger partial charge in [-0.1, -0.05) is 6.92 Å². The quantitative estimate of drug-likeness (QED) is 0.823. The molecule has 0 aliphatic rings. The van der Waals surface area contributed by atoms with Crippen LogP contribution in [0, 0.1) is 17.6 Å². The highest BCUT2D eigenvalue weighted by atomic mass is 19.2. The maximum absolute atomic E-state index is 13.0. The van der Waals surface area contributed by atoms with Crippen molar-refractivity contribution in [2.45, 2.75) is 20.0 Å². The first kappa shape index (κ1) is 15.4. The van der Waals surface area contributed by atoms with E-state index in [0.29, 0.717) is 13.1 Å². The molecule has 0 aliphatic heterocycles. The first-order valence-electron chi connectivity index (χ1n) is 6.03. The third-order valence-electron chi connectivity index (χ3n) is 2.60. The zero-order valence-corrected chi connectivity index (χ0v) is 11.0. The zero-order valence-electron chi connectivity index (χ0n) is 11.0. The van der Waals surface area contributed by atoms with E-state index in [0.717, 1.165) is 12.1 Å². The number of carbonyl (C=O) groups excluding carboxylic acids is 1. The Morgan fingerprint density at radius 3 is 2.63 bits per heavy atom. The number of benzene rings is 1. The van der Waals surface area contributed by atoms with E-state index in [1.165, 1.54) is 13.0 Å². The van der Waals surface area contributed by atoms with E-state index in [1.54, 1.807) is 0 Å². The molecule has 6 heteroatoms. The molecule has 0 bridgehead atoms. The van der Waals surface area contributed by atoms with Gasteiger partial charge in [-0.3, -0.25) is 4.79 Å². The first-order valence-corrected chi connectivity index (χ1v) is 6.03. The average molecular weight is 272 g/mol. The molecule has 1 aromatic carbocycles. The van der Waals surface area contributed by atoms with Crippen molar-refractivity contribution in [2.24, 2.45) is 11.7 Å². The molecule has 2 atom stereocenters. The lowest BCUT2D eigenvalue weighted by Crippen LogP contribution is -2.39. The molecule has 0 radical (unpaired) electrons. The molecule has 0 aliphatic carbocycles. The van der Waals surface area contributed by atoms with Gasteiger partial charge in [-0.05, 0) is 31.5 Å². The summed E-state index contributed by atoms with van der Waals surface area (Å²) in [6, 6.07) is 3.12. The number of halogens is 2. The molecule has 0 saturated heterocycles. The Morgan fingerprint density at radius 1 is 1.37 bits per heavy atom. The summed E-state index contributed by atoms with van der Waals surface area (Å²) in [5.74, 6) is -2.03. The van der Waals surface area contributed by atoms with Crippen LogP contribution in [-0.4, -0.2) is 25.1 Å². The molecule has 1 rings (SSSR count). The topological polar surface area (TPSA) is 64.3 Å². The molecule has 0 spiro atoms. The number of rotatable bonds is 6. The molecule has 0 heterocycles. The fourth-order valence-corrected chi connectivity index (χ4v) is 1.31. The largest absolute Gasteiger partial charge is 0.481 e. The van der Waals surface area contributed by atoms with Gasteiger partial charge in [0.1, 0.15) is 5.75 Å². The van der Waals surface area contributed by atoms with Crippen LogP contribution in [0.15, 0.2) is 18.2 Å². The van der Waals surface area contributed by atoms with Gasteiger partial charge in [0.2, 0.25) is 0 Å². The molecule has 1 aromatic rings. The van der Waals surface area contributed by atoms with Gasteiger partial charge in [-0.2, -0.15) is 0 Å². The van der Waals surface area contributed by atoms with Crippen LogP contribution in [0.2, 0.25) is 0 Å². The Bertz CT molecular complexity index is 441. The normalized spacial score (nSPS) is 13.7. The third kappa shape index (κ3) is 4.82. The van der Waals surface area contributed by atoms with Crippen molar-refractivity contribution in [3.8, 4) is 5.75 Å². The van der Waals surface area contributed by atoms with E-state index in [-0.39, 0.29) is 17.6 Å². The summed E-state index contributed by atoms with van der Waals surface area (Å²) >= 11 is 0. The number of nitrogens with one attached hydrogen (secondary N) is 1. The van der Waals surface area contributed by atoms with E-state index in [1.807, 2.05) is 6.92 Å². The van der Waals surface area contributed by atoms with Crippen molar-refractivity contribution in [3.05, 3.63) is 29.8 Å². The molecule has 3 N–H and O–H groups in total. The predicted molar refractivity (Wildman–Crippen MR) is 67.7 cm³/mol. The fraction of sp³-hybridized carbons (Fsp3) is 0.462. The Labute approximate surface area is 110 Å². The van der Waals surface area contributed by atoms with Crippen LogP contribution >= 0.6 is 0 Å². The maximum Gasteiger partial charge on any atom is 0.260 e. The molecule has 4 nitrogen and oxygen atoms in total. The summed E-state index contributed by atoms with van der Waals surface area (Å²) in [5.41, 5.74) is 5.43. The summed E-state index contributed by atoms with van der Waals surface area (Å²) in [6.45, 7) is 4.35. The van der Waals surface area contributed by atoms with Crippen LogP contribution in [0.4, 0.5) is 8.78 Å². The van der Waals surface area contributed by atoms with Gasteiger partial charge in [0, 0.05) is 12.6 Å². The van der Waals surface area contributed by atoms with Crippen molar-refractivity contribution in [1.82, 2.24) is 5.32 Å². The van der Waals surface area contributed by atoms with E-state index >= 15 is 0 Å². The van der Waals surface area contributed by atoms with Gasteiger partial charge in [0.15, 0.2) is 17.7 Å². The SMILES string of the molecule is CC(CN)CNC(=O)C(C)Oc1ccc(F)c(F)c1. The second-order valence-corrected chi connectivity index (χ2v) is 4.42. The van der Waals surface area contributed by atoms with Gasteiger partial charge in [-0.15, -0.1) is 0 Å². The van der Waals surface area contributed by atoms with Crippen LogP contribution in [0.1, 0.15) is 13.8 Å². The maximum atomic E-state index is 13.0. The number of amides is 1. The van der Waals surface area contributed by atoms with Crippen LogP contribution in [0.25, 0.3) is 0 Å². The summed E-state index contributed by atoms with van der Waals surface area (Å²) in [4.78, 5) is 11.7. The number of hydrogen-bond acceptors (Lipinski definition) is 3. The molecule has 1 amide bonds. The van der Waals surface area contributed by atoms with Crippen molar-refractivity contribution < 1.29 is 18.3 Å². The number of ether oxygens (including phenoxy) is 1. The van der Waals surface area contributed by atoms with Crippen LogP contribution in [-0.2, 0) is 4.79 Å². The number of nitrogens with two attached hydrogens (primary N) is 1. The number of carbonyl (C=O) groups is 1. The Hall–Kier alpha value is -1.69. The molecule has 0 saturated carbocycles. The molecule has 0 fully saturated rings. The van der Waals surface area contributed by atoms with Crippen LogP contribution in [0.3, 0.4) is 0 Å². The molecule has 2 unspecified atom stereocenters. The second kappa shape index (κ2) is 7.04. The van der Waals surface area contributed by atoms with Crippen molar-refractivity contribution in [1.29, 1.82) is 0 Å². The molecular weight excluding hydrogens is 254 g/mol. The minimum absolute atomic E-state index is 0.105. The lowest BCUT2D eigenvalue weighted by Gasteiger charge is -2.16. The Kier molecular flexibility index (Phi) is 5.69. The summed E-state index contributed by atoms with van der Waals surface area (Å²) in [6.07, 6.45) is -0.796. The lowest BCUT2D eigenvalue weighted by atomic mass is 10.2. The lowest BCUT2D eigenvalue weighted by molar-refractivity contribution is -0.127. The summed E-state index contributed by atoms with van der Waals surface area (Å²) in [7, 11) is 0. The molecular formula is C13H18F2N2O2. The number of hydrogen-bond donors (Lipinski definition) is 2. The third-order valence-corrected chi connectivity index (χ3v) is 2.60. The highest BCUT2D eigenvalue weighted by molar-refractivity contribution is 5.80. The minimum atomic E-state index is -1.01. The van der Waals surface area contributed by atoms with Crippen molar-refractivity contribution in [2.75, 3.05) is 13.1 Å². The monoisotopic (exact) mass is 272 g/mol. The van der Waals surface area contributed by atoms with E-state index in [2.05, 4.69) is 5.32 Å². The van der Waals surface area contributed by atoms with Gasteiger partial charge in [0.05, 0.1) is 0 Å². The second-order valence-electron chi connectivity index (χ2n) is 4.42. The molecule has 0 aromatic heterocycles.